The van der Waals surface area contributed by atoms with Crippen LogP contribution in [-0.4, -0.2) is 5.11 Å². The van der Waals surface area contributed by atoms with Gasteiger partial charge in [-0.25, -0.2) is 4.39 Å². The first-order valence-corrected chi connectivity index (χ1v) is 4.64. The van der Waals surface area contributed by atoms with Gasteiger partial charge in [0, 0.05) is 5.56 Å². The molecule has 1 aromatic carbocycles. The Balaban J connectivity index is 2.38. The summed E-state index contributed by atoms with van der Waals surface area (Å²) in [6, 6.07) is 6.01. The number of aliphatic hydroxyl groups is 1. The lowest BCUT2D eigenvalue weighted by Crippen LogP contribution is -2.00. The smallest absolute Gasteiger partial charge is 0.123 e. The van der Waals surface area contributed by atoms with Crippen molar-refractivity contribution in [2.45, 2.75) is 13.0 Å². The molecule has 0 radical (unpaired) electrons. The summed E-state index contributed by atoms with van der Waals surface area (Å²) in [4.78, 5) is 0. The van der Waals surface area contributed by atoms with Gasteiger partial charge in [0.2, 0.25) is 0 Å². The highest BCUT2D eigenvalue weighted by atomic mass is 19.1. The van der Waals surface area contributed by atoms with E-state index in [1.54, 1.807) is 19.1 Å². The van der Waals surface area contributed by atoms with Gasteiger partial charge in [-0.2, -0.15) is 0 Å². The van der Waals surface area contributed by atoms with E-state index < -0.39 is 6.10 Å². The highest BCUT2D eigenvalue weighted by molar-refractivity contribution is 5.34. The van der Waals surface area contributed by atoms with E-state index in [1.165, 1.54) is 24.7 Å². The number of benzene rings is 1. The number of aliphatic hydroxyl groups excluding tert-OH is 1. The third-order valence-electron chi connectivity index (χ3n) is 2.39. The van der Waals surface area contributed by atoms with Crippen molar-refractivity contribution in [2.75, 3.05) is 0 Å². The summed E-state index contributed by atoms with van der Waals surface area (Å²) in [5, 5.41) is 9.97. The van der Waals surface area contributed by atoms with Crippen molar-refractivity contribution in [3.63, 3.8) is 0 Å². The molecule has 3 heteroatoms. The van der Waals surface area contributed by atoms with Gasteiger partial charge in [0.05, 0.1) is 12.5 Å². The number of furan rings is 1. The van der Waals surface area contributed by atoms with E-state index in [0.717, 1.165) is 5.56 Å². The molecule has 0 fully saturated rings. The van der Waals surface area contributed by atoms with Crippen molar-refractivity contribution in [1.82, 2.24) is 0 Å². The Morgan fingerprint density at radius 2 is 2.13 bits per heavy atom. The third-order valence-corrected chi connectivity index (χ3v) is 2.39. The van der Waals surface area contributed by atoms with Crippen LogP contribution in [0.3, 0.4) is 0 Å². The van der Waals surface area contributed by atoms with Crippen molar-refractivity contribution >= 4 is 0 Å². The van der Waals surface area contributed by atoms with Crippen molar-refractivity contribution in [3.8, 4) is 0 Å². The fourth-order valence-corrected chi connectivity index (χ4v) is 1.56. The monoisotopic (exact) mass is 206 g/mol. The van der Waals surface area contributed by atoms with Gasteiger partial charge in [-0.15, -0.1) is 0 Å². The fraction of sp³-hybridized carbons (Fsp3) is 0.167. The van der Waals surface area contributed by atoms with Gasteiger partial charge >= 0.3 is 0 Å². The second kappa shape index (κ2) is 3.87. The molecule has 1 N–H and O–H groups in total. The van der Waals surface area contributed by atoms with Gasteiger partial charge in [0.1, 0.15) is 11.9 Å². The topological polar surface area (TPSA) is 33.4 Å². The van der Waals surface area contributed by atoms with Crippen molar-refractivity contribution in [2.24, 2.45) is 0 Å². The Hall–Kier alpha value is -1.61. The molecule has 2 aromatic rings. The van der Waals surface area contributed by atoms with E-state index in [-0.39, 0.29) is 5.82 Å². The van der Waals surface area contributed by atoms with Gasteiger partial charge in [-0.05, 0) is 36.2 Å². The Labute approximate surface area is 87.0 Å². The maximum Gasteiger partial charge on any atom is 0.123 e. The summed E-state index contributed by atoms with van der Waals surface area (Å²) in [6.07, 6.45) is 2.22. The van der Waals surface area contributed by atoms with E-state index in [0.29, 0.717) is 11.1 Å². The molecule has 0 amide bonds. The highest BCUT2D eigenvalue weighted by Gasteiger charge is 2.13. The molecule has 0 saturated heterocycles. The molecule has 0 bridgehead atoms. The molecule has 1 atom stereocenters. The minimum absolute atomic E-state index is 0.296. The van der Waals surface area contributed by atoms with E-state index >= 15 is 0 Å². The van der Waals surface area contributed by atoms with Crippen LogP contribution < -0.4 is 0 Å². The summed E-state index contributed by atoms with van der Waals surface area (Å²) in [5.41, 5.74) is 2.09. The molecule has 0 aliphatic carbocycles. The Morgan fingerprint density at radius 3 is 2.73 bits per heavy atom. The molecule has 1 aromatic heterocycles. The summed E-state index contributed by atoms with van der Waals surface area (Å²) in [6.45, 7) is 1.77. The molecule has 0 aliphatic heterocycles. The number of aryl methyl sites for hydroxylation is 1. The first-order valence-electron chi connectivity index (χ1n) is 4.64. The number of rotatable bonds is 2. The fourth-order valence-electron chi connectivity index (χ4n) is 1.56. The first-order chi connectivity index (χ1) is 7.18. The second-order valence-electron chi connectivity index (χ2n) is 3.46. The molecule has 0 spiro atoms. The van der Waals surface area contributed by atoms with Crippen molar-refractivity contribution in [3.05, 3.63) is 59.3 Å². The number of hydrogen-bond donors (Lipinski definition) is 1. The lowest BCUT2D eigenvalue weighted by atomic mass is 9.99. The predicted octanol–water partition coefficient (Wildman–Crippen LogP) is 2.81. The zero-order valence-corrected chi connectivity index (χ0v) is 8.27. The van der Waals surface area contributed by atoms with Crippen molar-refractivity contribution < 1.29 is 13.9 Å². The van der Waals surface area contributed by atoms with Crippen LogP contribution in [0.4, 0.5) is 4.39 Å². The lowest BCUT2D eigenvalue weighted by molar-refractivity contribution is 0.218. The molecule has 2 nitrogen and oxygen atoms in total. The van der Waals surface area contributed by atoms with E-state index in [9.17, 15) is 9.50 Å². The minimum Gasteiger partial charge on any atom is -0.472 e. The van der Waals surface area contributed by atoms with Gasteiger partial charge in [0.15, 0.2) is 0 Å². The van der Waals surface area contributed by atoms with Crippen LogP contribution in [-0.2, 0) is 0 Å². The van der Waals surface area contributed by atoms with Crippen LogP contribution in [0.2, 0.25) is 0 Å². The third kappa shape index (κ3) is 1.92. The average molecular weight is 206 g/mol. The molecule has 0 unspecified atom stereocenters. The summed E-state index contributed by atoms with van der Waals surface area (Å²) >= 11 is 0. The molecule has 78 valence electrons. The number of hydrogen-bond acceptors (Lipinski definition) is 2. The zero-order valence-electron chi connectivity index (χ0n) is 8.27. The SMILES string of the molecule is Cc1cc(F)ccc1[C@H](O)c1ccoc1. The lowest BCUT2D eigenvalue weighted by Gasteiger charge is -2.11. The Morgan fingerprint density at radius 1 is 1.33 bits per heavy atom. The van der Waals surface area contributed by atoms with Crippen molar-refractivity contribution in [1.29, 1.82) is 0 Å². The summed E-state index contributed by atoms with van der Waals surface area (Å²) < 4.78 is 17.7. The Kier molecular flexibility index (Phi) is 2.56. The van der Waals surface area contributed by atoms with E-state index in [4.69, 9.17) is 4.42 Å². The van der Waals surface area contributed by atoms with Gasteiger partial charge in [-0.3, -0.25) is 0 Å². The summed E-state index contributed by atoms with van der Waals surface area (Å²) in [5.74, 6) is -0.296. The maximum absolute atomic E-state index is 12.9. The van der Waals surface area contributed by atoms with Crippen LogP contribution in [0, 0.1) is 12.7 Å². The normalized spacial score (nSPS) is 12.7. The van der Waals surface area contributed by atoms with Crippen LogP contribution in [0.1, 0.15) is 22.8 Å². The van der Waals surface area contributed by atoms with E-state index in [1.807, 2.05) is 0 Å². The van der Waals surface area contributed by atoms with Gasteiger partial charge < -0.3 is 9.52 Å². The average Bonchev–Trinajstić information content (AvgIpc) is 2.69. The van der Waals surface area contributed by atoms with Gasteiger partial charge in [-0.1, -0.05) is 6.07 Å². The van der Waals surface area contributed by atoms with E-state index in [2.05, 4.69) is 0 Å². The largest absolute Gasteiger partial charge is 0.472 e. The highest BCUT2D eigenvalue weighted by Crippen LogP contribution is 2.25. The summed E-state index contributed by atoms with van der Waals surface area (Å²) in [7, 11) is 0. The van der Waals surface area contributed by atoms with Gasteiger partial charge in [0.25, 0.3) is 0 Å². The molecule has 2 rings (SSSR count). The maximum atomic E-state index is 12.9. The molecular formula is C12H11FO2. The first kappa shape index (κ1) is 9.93. The van der Waals surface area contributed by atoms with Crippen LogP contribution in [0.15, 0.2) is 41.2 Å². The Bertz CT molecular complexity index is 449. The quantitative estimate of drug-likeness (QED) is 0.819. The second-order valence-corrected chi connectivity index (χ2v) is 3.46. The predicted molar refractivity (Wildman–Crippen MR) is 53.9 cm³/mol. The molecule has 1 heterocycles. The minimum atomic E-state index is -0.760. The molecule has 15 heavy (non-hydrogen) atoms. The molecule has 0 saturated carbocycles. The van der Waals surface area contributed by atoms with Crippen LogP contribution in [0.5, 0.6) is 0 Å². The zero-order chi connectivity index (χ0) is 10.8. The standard InChI is InChI=1S/C12H11FO2/c1-8-6-10(13)2-3-11(8)12(14)9-4-5-15-7-9/h2-7,12,14H,1H3/t12-/m1/s1. The molecular weight excluding hydrogens is 195 g/mol. The van der Waals surface area contributed by atoms with Crippen LogP contribution >= 0.6 is 0 Å². The van der Waals surface area contributed by atoms with Crippen LogP contribution in [0.25, 0.3) is 0 Å². The number of halogens is 1. The molecule has 0 aliphatic rings.